The van der Waals surface area contributed by atoms with E-state index in [2.05, 4.69) is 20.2 Å². The van der Waals surface area contributed by atoms with Gasteiger partial charge >= 0.3 is 0 Å². The molecule has 11 heteroatoms. The summed E-state index contributed by atoms with van der Waals surface area (Å²) < 4.78 is 24.3. The van der Waals surface area contributed by atoms with Gasteiger partial charge in [0, 0.05) is 6.42 Å². The van der Waals surface area contributed by atoms with Crippen molar-refractivity contribution in [3.8, 4) is 0 Å². The third-order valence-electron chi connectivity index (χ3n) is 2.60. The molecule has 0 atom stereocenters. The lowest BCUT2D eigenvalue weighted by Gasteiger charge is -2.05. The summed E-state index contributed by atoms with van der Waals surface area (Å²) in [6.07, 6.45) is 1.59. The van der Waals surface area contributed by atoms with Gasteiger partial charge in [0.1, 0.15) is 0 Å². The summed E-state index contributed by atoms with van der Waals surface area (Å²) in [5.74, 6) is -0.289. The van der Waals surface area contributed by atoms with E-state index in [9.17, 15) is 13.2 Å². The number of aryl methyl sites for hydroxylation is 1. The van der Waals surface area contributed by atoms with Crippen LogP contribution in [0.25, 0.3) is 0 Å². The lowest BCUT2D eigenvalue weighted by Crippen LogP contribution is -2.12. The molecule has 1 aromatic heterocycles. The van der Waals surface area contributed by atoms with Gasteiger partial charge in [0.2, 0.25) is 26.2 Å². The molecule has 2 rings (SSSR count). The van der Waals surface area contributed by atoms with Crippen LogP contribution in [-0.4, -0.2) is 30.8 Å². The van der Waals surface area contributed by atoms with Gasteiger partial charge in [-0.15, -0.1) is 10.2 Å². The highest BCUT2D eigenvalue weighted by atomic mass is 35.5. The van der Waals surface area contributed by atoms with Gasteiger partial charge in [-0.05, 0) is 18.1 Å². The van der Waals surface area contributed by atoms with E-state index in [4.69, 9.17) is 23.2 Å². The largest absolute Gasteiger partial charge is 0.300 e. The number of carbonyl (C=O) groups is 1. The van der Waals surface area contributed by atoms with Crippen LogP contribution in [0.3, 0.4) is 0 Å². The number of halogens is 2. The maximum Gasteiger partial charge on any atom is 0.231 e. The molecule has 2 aromatic rings. The first-order valence-electron chi connectivity index (χ1n) is 6.28. The lowest BCUT2D eigenvalue weighted by molar-refractivity contribution is -0.116. The van der Waals surface area contributed by atoms with Gasteiger partial charge in [-0.1, -0.05) is 46.7 Å². The number of nitrogens with zero attached hydrogens (tertiary/aromatic N) is 2. The normalized spacial score (nSPS) is 11.3. The third-order valence-corrected chi connectivity index (χ3v) is 4.90. The van der Waals surface area contributed by atoms with Gasteiger partial charge in [-0.2, -0.15) is 0 Å². The van der Waals surface area contributed by atoms with E-state index in [-0.39, 0.29) is 22.6 Å². The smallest absolute Gasteiger partial charge is 0.231 e. The predicted octanol–water partition coefficient (Wildman–Crippen LogP) is 2.79. The summed E-state index contributed by atoms with van der Waals surface area (Å²) in [5, 5.41) is 11.0. The summed E-state index contributed by atoms with van der Waals surface area (Å²) >= 11 is 12.9. The number of nitrogens with one attached hydrogen (secondary N) is 2. The van der Waals surface area contributed by atoms with Crippen LogP contribution in [-0.2, 0) is 21.2 Å². The number of sulfonamides is 1. The van der Waals surface area contributed by atoms with E-state index in [0.717, 1.165) is 23.2 Å². The molecule has 0 aliphatic heterocycles. The molecule has 0 fully saturated rings. The Kier molecular flexibility index (Phi) is 5.79. The molecular weight excluding hydrogens is 383 g/mol. The van der Waals surface area contributed by atoms with Crippen molar-refractivity contribution in [2.24, 2.45) is 0 Å². The third kappa shape index (κ3) is 5.61. The molecule has 0 saturated heterocycles. The zero-order valence-electron chi connectivity index (χ0n) is 11.8. The van der Waals surface area contributed by atoms with Crippen molar-refractivity contribution in [1.82, 2.24) is 10.2 Å². The second kappa shape index (κ2) is 7.43. The Bertz CT molecular complexity index is 823. The van der Waals surface area contributed by atoms with Crippen LogP contribution in [0.15, 0.2) is 18.2 Å². The van der Waals surface area contributed by atoms with Crippen LogP contribution in [0.5, 0.6) is 0 Å². The van der Waals surface area contributed by atoms with Crippen LogP contribution in [0, 0.1) is 0 Å². The van der Waals surface area contributed by atoms with Crippen LogP contribution in [0.1, 0.15) is 12.0 Å². The number of hydrogen-bond acceptors (Lipinski definition) is 6. The zero-order valence-corrected chi connectivity index (χ0v) is 15.0. The molecule has 7 nitrogen and oxygen atoms in total. The Balaban J connectivity index is 1.91. The fourth-order valence-electron chi connectivity index (χ4n) is 1.65. The summed E-state index contributed by atoms with van der Waals surface area (Å²) in [7, 11) is -3.43. The van der Waals surface area contributed by atoms with Crippen molar-refractivity contribution >= 4 is 60.7 Å². The van der Waals surface area contributed by atoms with E-state index >= 15 is 0 Å². The Morgan fingerprint density at radius 3 is 2.65 bits per heavy atom. The second-order valence-electron chi connectivity index (χ2n) is 4.55. The number of hydrogen-bond donors (Lipinski definition) is 2. The summed E-state index contributed by atoms with van der Waals surface area (Å²) in [5.41, 5.74) is 0.769. The standard InChI is InChI=1S/C12H12Cl2N4O3S2/c1-23(20,21)18-12-17-16-11(22-12)15-9(19)6-5-7-3-2-4-8(13)10(7)14/h2-4H,5-6H2,1H3,(H,17,18)(H,15,16,19). The minimum atomic E-state index is -3.43. The summed E-state index contributed by atoms with van der Waals surface area (Å²) in [4.78, 5) is 11.9. The topological polar surface area (TPSA) is 101 Å². The predicted molar refractivity (Wildman–Crippen MR) is 91.8 cm³/mol. The molecule has 0 radical (unpaired) electrons. The highest BCUT2D eigenvalue weighted by Crippen LogP contribution is 2.26. The maximum absolute atomic E-state index is 11.9. The van der Waals surface area contributed by atoms with Crippen LogP contribution in [0.2, 0.25) is 10.0 Å². The molecule has 0 saturated carbocycles. The first kappa shape index (κ1) is 17.9. The van der Waals surface area contributed by atoms with Gasteiger partial charge in [0.15, 0.2) is 0 Å². The minimum absolute atomic E-state index is 0.0840. The second-order valence-corrected chi connectivity index (χ2v) is 8.06. The molecule has 0 aliphatic carbocycles. The molecule has 2 N–H and O–H groups in total. The van der Waals surface area contributed by atoms with E-state index in [1.807, 2.05) is 0 Å². The van der Waals surface area contributed by atoms with E-state index in [1.165, 1.54) is 0 Å². The molecule has 23 heavy (non-hydrogen) atoms. The average molecular weight is 395 g/mol. The van der Waals surface area contributed by atoms with Gasteiger partial charge in [0.05, 0.1) is 16.3 Å². The fraction of sp³-hybridized carbons (Fsp3) is 0.250. The maximum atomic E-state index is 11.9. The first-order valence-corrected chi connectivity index (χ1v) is 9.75. The Hall–Kier alpha value is -1.42. The van der Waals surface area contributed by atoms with Gasteiger partial charge in [-0.3, -0.25) is 9.52 Å². The van der Waals surface area contributed by atoms with Crippen LogP contribution >= 0.6 is 34.5 Å². The lowest BCUT2D eigenvalue weighted by atomic mass is 10.1. The molecular formula is C12H12Cl2N4O3S2. The van der Waals surface area contributed by atoms with Crippen LogP contribution in [0.4, 0.5) is 10.3 Å². The average Bonchev–Trinajstić information content (AvgIpc) is 2.85. The number of amides is 1. The van der Waals surface area contributed by atoms with Gasteiger partial charge in [-0.25, -0.2) is 8.42 Å². The van der Waals surface area contributed by atoms with E-state index in [1.54, 1.807) is 18.2 Å². The van der Waals surface area contributed by atoms with Crippen molar-refractivity contribution in [1.29, 1.82) is 0 Å². The van der Waals surface area contributed by atoms with Crippen molar-refractivity contribution in [2.75, 3.05) is 16.3 Å². The number of anilines is 2. The number of carbonyl (C=O) groups excluding carboxylic acids is 1. The highest BCUT2D eigenvalue weighted by Gasteiger charge is 2.12. The van der Waals surface area contributed by atoms with Crippen molar-refractivity contribution in [3.63, 3.8) is 0 Å². The molecule has 124 valence electrons. The first-order chi connectivity index (χ1) is 10.7. The molecule has 1 aromatic carbocycles. The Morgan fingerprint density at radius 1 is 1.26 bits per heavy atom. The molecule has 0 spiro atoms. The van der Waals surface area contributed by atoms with Gasteiger partial charge in [0.25, 0.3) is 0 Å². The SMILES string of the molecule is CS(=O)(=O)Nc1nnc(NC(=O)CCc2cccc(Cl)c2Cl)s1. The van der Waals surface area contributed by atoms with Crippen molar-refractivity contribution < 1.29 is 13.2 Å². The zero-order chi connectivity index (χ0) is 17.0. The fourth-order valence-corrected chi connectivity index (χ4v) is 3.55. The quantitative estimate of drug-likeness (QED) is 0.783. The summed E-state index contributed by atoms with van der Waals surface area (Å²) in [6, 6.07) is 5.22. The Labute approximate surface area is 147 Å². The molecule has 1 heterocycles. The van der Waals surface area contributed by atoms with Crippen molar-refractivity contribution in [3.05, 3.63) is 33.8 Å². The monoisotopic (exact) mass is 394 g/mol. The summed E-state index contributed by atoms with van der Waals surface area (Å²) in [6.45, 7) is 0. The minimum Gasteiger partial charge on any atom is -0.300 e. The molecule has 1 amide bonds. The van der Waals surface area contributed by atoms with Gasteiger partial charge < -0.3 is 5.32 Å². The highest BCUT2D eigenvalue weighted by molar-refractivity contribution is 7.92. The molecule has 0 bridgehead atoms. The van der Waals surface area contributed by atoms with Crippen LogP contribution < -0.4 is 10.0 Å². The molecule has 0 aliphatic rings. The van der Waals surface area contributed by atoms with E-state index < -0.39 is 10.0 Å². The van der Waals surface area contributed by atoms with E-state index in [0.29, 0.717) is 16.5 Å². The number of rotatable bonds is 6. The van der Waals surface area contributed by atoms with Crippen molar-refractivity contribution in [2.45, 2.75) is 12.8 Å². The Morgan fingerprint density at radius 2 is 1.96 bits per heavy atom. The number of benzene rings is 1. The number of aromatic nitrogens is 2. The molecule has 0 unspecified atom stereocenters.